The van der Waals surface area contributed by atoms with Gasteiger partial charge >= 0.3 is 11.7 Å². The van der Waals surface area contributed by atoms with Crippen LogP contribution in [0.2, 0.25) is 0 Å². The molecule has 1 saturated heterocycles. The minimum atomic E-state index is -0.457. The number of carbonyl (C=O) groups is 1. The molecule has 0 spiro atoms. The fourth-order valence-electron chi connectivity index (χ4n) is 3.86. The predicted octanol–water partition coefficient (Wildman–Crippen LogP) is 3.63. The van der Waals surface area contributed by atoms with E-state index in [0.717, 1.165) is 19.6 Å². The number of nitrogens with zero attached hydrogens (tertiary/aromatic N) is 5. The molecule has 2 heterocycles. The third-order valence-corrected chi connectivity index (χ3v) is 5.57. The van der Waals surface area contributed by atoms with E-state index in [1.807, 2.05) is 23.1 Å². The molecule has 34 heavy (non-hydrogen) atoms. The highest BCUT2D eigenvalue weighted by molar-refractivity contribution is 5.90. The van der Waals surface area contributed by atoms with E-state index in [-0.39, 0.29) is 18.1 Å². The van der Waals surface area contributed by atoms with E-state index >= 15 is 0 Å². The first-order valence-electron chi connectivity index (χ1n) is 11.1. The molecule has 0 atom stereocenters. The molecule has 1 aliphatic heterocycles. The Morgan fingerprint density at radius 3 is 2.41 bits per heavy atom. The first kappa shape index (κ1) is 23.1. The van der Waals surface area contributed by atoms with Crippen LogP contribution in [0, 0.1) is 10.1 Å². The zero-order valence-electron chi connectivity index (χ0n) is 18.9. The van der Waals surface area contributed by atoms with E-state index in [0.29, 0.717) is 30.2 Å². The molecule has 10 nitrogen and oxygen atoms in total. The molecule has 10 heteroatoms. The third-order valence-electron chi connectivity index (χ3n) is 5.57. The molecule has 1 fully saturated rings. The van der Waals surface area contributed by atoms with Crippen LogP contribution in [0.25, 0.3) is 0 Å². The van der Waals surface area contributed by atoms with Crippen molar-refractivity contribution in [1.82, 2.24) is 14.9 Å². The summed E-state index contributed by atoms with van der Waals surface area (Å²) in [6.45, 7) is 5.66. The third kappa shape index (κ3) is 5.46. The summed E-state index contributed by atoms with van der Waals surface area (Å²) in [5.74, 6) is -0.0219. The van der Waals surface area contributed by atoms with E-state index in [1.165, 1.54) is 11.9 Å². The molecule has 0 aliphatic carbocycles. The normalized spacial score (nSPS) is 14.0. The van der Waals surface area contributed by atoms with Gasteiger partial charge in [0.1, 0.15) is 6.33 Å². The molecule has 4 rings (SSSR count). The van der Waals surface area contributed by atoms with Gasteiger partial charge in [0.15, 0.2) is 0 Å². The molecule has 2 aromatic carbocycles. The Morgan fingerprint density at radius 2 is 1.76 bits per heavy atom. The lowest BCUT2D eigenvalue weighted by Gasteiger charge is -2.35. The number of rotatable bonds is 8. The Morgan fingerprint density at radius 1 is 1.06 bits per heavy atom. The van der Waals surface area contributed by atoms with E-state index in [1.54, 1.807) is 31.2 Å². The van der Waals surface area contributed by atoms with Gasteiger partial charge in [-0.2, -0.15) is 0 Å². The van der Waals surface area contributed by atoms with E-state index in [2.05, 4.69) is 32.3 Å². The number of anilines is 3. The van der Waals surface area contributed by atoms with Crippen LogP contribution in [-0.4, -0.2) is 58.5 Å². The number of hydrogen-bond donors (Lipinski definition) is 1. The average Bonchev–Trinajstić information content (AvgIpc) is 2.85. The standard InChI is InChI=1S/C24H26N6O4/c1-2-34-24(31)19-8-10-20(11-9-19)27-22-21(30(32)33)23(26-17-25-22)29-14-12-28(13-15-29)16-18-6-4-3-5-7-18/h3-11,17H,2,12-16H2,1H3,(H,25,26,27). The quantitative estimate of drug-likeness (QED) is 0.304. The van der Waals surface area contributed by atoms with Crippen molar-refractivity contribution in [2.45, 2.75) is 13.5 Å². The number of carbonyl (C=O) groups excluding carboxylic acids is 1. The topological polar surface area (TPSA) is 114 Å². The lowest BCUT2D eigenvalue weighted by Crippen LogP contribution is -2.46. The summed E-state index contributed by atoms with van der Waals surface area (Å²) in [5.41, 5.74) is 2.03. The first-order valence-corrected chi connectivity index (χ1v) is 11.1. The van der Waals surface area contributed by atoms with Crippen molar-refractivity contribution < 1.29 is 14.5 Å². The van der Waals surface area contributed by atoms with Gasteiger partial charge in [-0.3, -0.25) is 15.0 Å². The summed E-state index contributed by atoms with van der Waals surface area (Å²) >= 11 is 0. The average molecular weight is 463 g/mol. The van der Waals surface area contributed by atoms with Crippen LogP contribution in [0.3, 0.4) is 0 Å². The zero-order valence-corrected chi connectivity index (χ0v) is 18.9. The molecule has 1 aliphatic rings. The van der Waals surface area contributed by atoms with Gasteiger partial charge in [-0.1, -0.05) is 30.3 Å². The van der Waals surface area contributed by atoms with Crippen LogP contribution in [-0.2, 0) is 11.3 Å². The highest BCUT2D eigenvalue weighted by atomic mass is 16.6. The summed E-state index contributed by atoms with van der Waals surface area (Å²) in [6, 6.07) is 16.7. The molecule has 1 N–H and O–H groups in total. The number of esters is 1. The molecule has 176 valence electrons. The zero-order chi connectivity index (χ0) is 23.9. The van der Waals surface area contributed by atoms with Gasteiger partial charge in [0.25, 0.3) is 0 Å². The highest BCUT2D eigenvalue weighted by Crippen LogP contribution is 2.34. The molecular weight excluding hydrogens is 436 g/mol. The van der Waals surface area contributed by atoms with Crippen molar-refractivity contribution in [1.29, 1.82) is 0 Å². The van der Waals surface area contributed by atoms with Gasteiger partial charge < -0.3 is 15.0 Å². The van der Waals surface area contributed by atoms with Crippen molar-refractivity contribution in [3.8, 4) is 0 Å². The molecule has 0 unspecified atom stereocenters. The smallest absolute Gasteiger partial charge is 0.353 e. The Hall–Kier alpha value is -4.05. The molecule has 0 bridgehead atoms. The molecule has 0 saturated carbocycles. The predicted molar refractivity (Wildman–Crippen MR) is 128 cm³/mol. The molecule has 1 aromatic heterocycles. The Kier molecular flexibility index (Phi) is 7.28. The summed E-state index contributed by atoms with van der Waals surface area (Å²) in [6.07, 6.45) is 1.33. The van der Waals surface area contributed by atoms with Crippen molar-refractivity contribution >= 4 is 29.0 Å². The monoisotopic (exact) mass is 462 g/mol. The van der Waals surface area contributed by atoms with Crippen LogP contribution in [0.4, 0.5) is 23.0 Å². The van der Waals surface area contributed by atoms with Crippen LogP contribution >= 0.6 is 0 Å². The van der Waals surface area contributed by atoms with Gasteiger partial charge in [0, 0.05) is 38.4 Å². The van der Waals surface area contributed by atoms with Gasteiger partial charge in [0.2, 0.25) is 11.6 Å². The number of nitro groups is 1. The summed E-state index contributed by atoms with van der Waals surface area (Å²) in [7, 11) is 0. The summed E-state index contributed by atoms with van der Waals surface area (Å²) in [4.78, 5) is 36.0. The number of nitrogens with one attached hydrogen (secondary N) is 1. The van der Waals surface area contributed by atoms with Crippen molar-refractivity contribution in [2.75, 3.05) is 43.0 Å². The van der Waals surface area contributed by atoms with E-state index in [4.69, 9.17) is 4.74 Å². The second-order valence-corrected chi connectivity index (χ2v) is 7.82. The molecule has 0 amide bonds. The number of benzene rings is 2. The van der Waals surface area contributed by atoms with Crippen LogP contribution in [0.1, 0.15) is 22.8 Å². The number of ether oxygens (including phenoxy) is 1. The van der Waals surface area contributed by atoms with Gasteiger partial charge in [-0.05, 0) is 36.8 Å². The van der Waals surface area contributed by atoms with Gasteiger partial charge in [0.05, 0.1) is 17.1 Å². The second-order valence-electron chi connectivity index (χ2n) is 7.82. The minimum absolute atomic E-state index is 0.102. The fourth-order valence-corrected chi connectivity index (χ4v) is 3.86. The first-order chi connectivity index (χ1) is 16.5. The molecular formula is C24H26N6O4. The SMILES string of the molecule is CCOC(=O)c1ccc(Nc2ncnc(N3CCN(Cc4ccccc4)CC3)c2[N+](=O)[O-])cc1. The lowest BCUT2D eigenvalue weighted by molar-refractivity contribution is -0.383. The largest absolute Gasteiger partial charge is 0.462 e. The minimum Gasteiger partial charge on any atom is -0.462 e. The van der Waals surface area contributed by atoms with Crippen molar-refractivity contribution in [3.63, 3.8) is 0 Å². The lowest BCUT2D eigenvalue weighted by atomic mass is 10.2. The van der Waals surface area contributed by atoms with Crippen molar-refractivity contribution in [3.05, 3.63) is 82.2 Å². The van der Waals surface area contributed by atoms with Gasteiger partial charge in [-0.15, -0.1) is 0 Å². The van der Waals surface area contributed by atoms with E-state index in [9.17, 15) is 14.9 Å². The number of hydrogen-bond acceptors (Lipinski definition) is 9. The maximum Gasteiger partial charge on any atom is 0.353 e. The second kappa shape index (κ2) is 10.7. The Bertz CT molecular complexity index is 1130. The Balaban J connectivity index is 1.47. The fraction of sp³-hybridized carbons (Fsp3) is 0.292. The van der Waals surface area contributed by atoms with Gasteiger partial charge in [-0.25, -0.2) is 14.8 Å². The number of piperazine rings is 1. The van der Waals surface area contributed by atoms with Crippen LogP contribution < -0.4 is 10.2 Å². The van der Waals surface area contributed by atoms with Crippen LogP contribution in [0.5, 0.6) is 0 Å². The molecule has 0 radical (unpaired) electrons. The maximum absolute atomic E-state index is 12.0. The highest BCUT2D eigenvalue weighted by Gasteiger charge is 2.29. The van der Waals surface area contributed by atoms with E-state index < -0.39 is 10.9 Å². The molecule has 3 aromatic rings. The van der Waals surface area contributed by atoms with Crippen molar-refractivity contribution in [2.24, 2.45) is 0 Å². The summed E-state index contributed by atoms with van der Waals surface area (Å²) < 4.78 is 4.98. The number of aromatic nitrogens is 2. The maximum atomic E-state index is 12.0. The summed E-state index contributed by atoms with van der Waals surface area (Å²) in [5, 5.41) is 15.0. The Labute approximate surface area is 197 Å². The van der Waals surface area contributed by atoms with Crippen LogP contribution in [0.15, 0.2) is 60.9 Å².